The van der Waals surface area contributed by atoms with E-state index in [-0.39, 0.29) is 4.90 Å². The summed E-state index contributed by atoms with van der Waals surface area (Å²) in [5.74, 6) is 0.608. The molecule has 3 rings (SSSR count). The number of nitrogens with zero attached hydrogens (tertiary/aromatic N) is 1. The highest BCUT2D eigenvalue weighted by atomic mass is 35.5. The summed E-state index contributed by atoms with van der Waals surface area (Å²) < 4.78 is 33.2. The molecular formula is C20H22ClN3O4S. The Morgan fingerprint density at radius 3 is 2.72 bits per heavy atom. The van der Waals surface area contributed by atoms with Gasteiger partial charge in [-0.1, -0.05) is 17.7 Å². The predicted molar refractivity (Wildman–Crippen MR) is 113 cm³/mol. The molecule has 1 atom stereocenters. The molecule has 2 aromatic rings. The van der Waals surface area contributed by atoms with Crippen molar-refractivity contribution in [3.05, 3.63) is 53.1 Å². The third-order valence-electron chi connectivity index (χ3n) is 4.35. The third kappa shape index (κ3) is 5.48. The zero-order valence-corrected chi connectivity index (χ0v) is 17.7. The molecule has 0 spiro atoms. The molecule has 0 aromatic heterocycles. The zero-order chi connectivity index (χ0) is 21.0. The Labute approximate surface area is 175 Å². The van der Waals surface area contributed by atoms with E-state index in [1.165, 1.54) is 12.1 Å². The minimum atomic E-state index is -3.76. The van der Waals surface area contributed by atoms with E-state index in [0.29, 0.717) is 35.3 Å². The fourth-order valence-electron chi connectivity index (χ4n) is 2.81. The number of aliphatic imine (C=N–C) groups is 1. The van der Waals surface area contributed by atoms with Gasteiger partial charge in [0.1, 0.15) is 11.6 Å². The summed E-state index contributed by atoms with van der Waals surface area (Å²) in [7, 11) is -3.76. The van der Waals surface area contributed by atoms with Crippen molar-refractivity contribution in [3.63, 3.8) is 0 Å². The number of carbonyl (C=O) groups excluding carboxylic acids is 1. The largest absolute Gasteiger partial charge is 0.481 e. The maximum absolute atomic E-state index is 12.5. The Balaban J connectivity index is 1.68. The summed E-state index contributed by atoms with van der Waals surface area (Å²) >= 11 is 5.93. The van der Waals surface area contributed by atoms with E-state index in [0.717, 1.165) is 12.0 Å². The lowest BCUT2D eigenvalue weighted by molar-refractivity contribution is -0.122. The van der Waals surface area contributed by atoms with E-state index in [1.54, 1.807) is 37.3 Å². The minimum absolute atomic E-state index is 0.0482. The Morgan fingerprint density at radius 2 is 2.03 bits per heavy atom. The predicted octanol–water partition coefficient (Wildman–Crippen LogP) is 3.53. The number of amides is 1. The van der Waals surface area contributed by atoms with Crippen molar-refractivity contribution in [2.75, 3.05) is 11.9 Å². The van der Waals surface area contributed by atoms with Crippen LogP contribution < -0.4 is 14.8 Å². The summed E-state index contributed by atoms with van der Waals surface area (Å²) in [6, 6.07) is 11.2. The first-order valence-corrected chi connectivity index (χ1v) is 11.0. The smallest absolute Gasteiger partial charge is 0.265 e. The molecule has 0 saturated heterocycles. The lowest BCUT2D eigenvalue weighted by Gasteiger charge is -2.17. The zero-order valence-electron chi connectivity index (χ0n) is 16.1. The van der Waals surface area contributed by atoms with Crippen LogP contribution in [0.2, 0.25) is 5.02 Å². The standard InChI is InChI=1S/C20H22ClN3O4S/c1-13-11-15(21)8-9-18(13)28-14(2)20(25)23-16-5-3-6-17(12-16)29(26,27)24-19-7-4-10-22-19/h3,5-6,8-9,11-12,14H,4,7,10H2,1-2H3,(H,22,24)(H,23,25). The van der Waals surface area contributed by atoms with Gasteiger partial charge in [-0.25, -0.2) is 8.42 Å². The number of hydrogen-bond acceptors (Lipinski definition) is 5. The number of halogens is 1. The molecule has 1 amide bonds. The molecule has 0 radical (unpaired) electrons. The Kier molecular flexibility index (Phi) is 6.44. The van der Waals surface area contributed by atoms with Crippen molar-refractivity contribution < 1.29 is 17.9 Å². The van der Waals surface area contributed by atoms with Crippen molar-refractivity contribution in [2.24, 2.45) is 4.99 Å². The molecule has 154 valence electrons. The van der Waals surface area contributed by atoms with Crippen LogP contribution in [0.3, 0.4) is 0 Å². The number of aryl methyl sites for hydroxylation is 1. The topological polar surface area (TPSA) is 96.9 Å². The van der Waals surface area contributed by atoms with Gasteiger partial charge in [-0.2, -0.15) is 0 Å². The van der Waals surface area contributed by atoms with Crippen LogP contribution in [0.15, 0.2) is 52.4 Å². The molecule has 7 nitrogen and oxygen atoms in total. The molecule has 9 heteroatoms. The average Bonchev–Trinajstić information content (AvgIpc) is 3.16. The van der Waals surface area contributed by atoms with Gasteiger partial charge in [0.05, 0.1) is 4.90 Å². The van der Waals surface area contributed by atoms with Crippen LogP contribution in [-0.4, -0.2) is 32.8 Å². The van der Waals surface area contributed by atoms with Crippen LogP contribution in [0.1, 0.15) is 25.3 Å². The number of carbonyl (C=O) groups is 1. The van der Waals surface area contributed by atoms with Crippen LogP contribution in [0.25, 0.3) is 0 Å². The van der Waals surface area contributed by atoms with Crippen LogP contribution in [-0.2, 0) is 14.8 Å². The van der Waals surface area contributed by atoms with Gasteiger partial charge in [0.15, 0.2) is 6.10 Å². The second-order valence-electron chi connectivity index (χ2n) is 6.72. The van der Waals surface area contributed by atoms with E-state index in [9.17, 15) is 13.2 Å². The summed E-state index contributed by atoms with van der Waals surface area (Å²) in [4.78, 5) is 16.7. The van der Waals surface area contributed by atoms with E-state index in [1.807, 2.05) is 6.92 Å². The molecule has 2 N–H and O–H groups in total. The van der Waals surface area contributed by atoms with Gasteiger partial charge < -0.3 is 10.1 Å². The van der Waals surface area contributed by atoms with E-state index < -0.39 is 22.0 Å². The van der Waals surface area contributed by atoms with Crippen molar-refractivity contribution in [3.8, 4) is 5.75 Å². The molecule has 29 heavy (non-hydrogen) atoms. The Morgan fingerprint density at radius 1 is 1.24 bits per heavy atom. The fraction of sp³-hybridized carbons (Fsp3) is 0.300. The molecule has 0 saturated carbocycles. The molecule has 0 bridgehead atoms. The van der Waals surface area contributed by atoms with Crippen molar-refractivity contribution >= 4 is 39.1 Å². The van der Waals surface area contributed by atoms with Crippen LogP contribution in [0.4, 0.5) is 5.69 Å². The van der Waals surface area contributed by atoms with E-state index >= 15 is 0 Å². The lowest BCUT2D eigenvalue weighted by atomic mass is 10.2. The van der Waals surface area contributed by atoms with Crippen LogP contribution in [0.5, 0.6) is 5.75 Å². The number of anilines is 1. The number of sulfonamides is 1. The molecule has 1 aliphatic rings. The van der Waals surface area contributed by atoms with Gasteiger partial charge in [0.25, 0.3) is 15.9 Å². The van der Waals surface area contributed by atoms with Gasteiger partial charge in [-0.3, -0.25) is 14.5 Å². The van der Waals surface area contributed by atoms with Gasteiger partial charge in [0.2, 0.25) is 0 Å². The molecule has 1 heterocycles. The first-order valence-electron chi connectivity index (χ1n) is 9.14. The molecule has 1 unspecified atom stereocenters. The highest BCUT2D eigenvalue weighted by molar-refractivity contribution is 7.90. The number of nitrogens with one attached hydrogen (secondary N) is 2. The molecule has 1 aliphatic heterocycles. The summed E-state index contributed by atoms with van der Waals surface area (Å²) in [6.45, 7) is 4.07. The number of hydrogen-bond donors (Lipinski definition) is 2. The van der Waals surface area contributed by atoms with E-state index in [2.05, 4.69) is 15.0 Å². The first-order chi connectivity index (χ1) is 13.7. The van der Waals surface area contributed by atoms with Crippen molar-refractivity contribution in [1.29, 1.82) is 0 Å². The average molecular weight is 436 g/mol. The molecule has 0 fully saturated rings. The number of ether oxygens (including phenoxy) is 1. The minimum Gasteiger partial charge on any atom is -0.481 e. The first kappa shape index (κ1) is 21.1. The monoisotopic (exact) mass is 435 g/mol. The number of rotatable bonds is 6. The summed E-state index contributed by atoms with van der Waals surface area (Å²) in [5, 5.41) is 3.27. The van der Waals surface area contributed by atoms with Gasteiger partial charge in [-0.15, -0.1) is 0 Å². The maximum atomic E-state index is 12.5. The van der Waals surface area contributed by atoms with Crippen LogP contribution in [0, 0.1) is 6.92 Å². The second-order valence-corrected chi connectivity index (χ2v) is 8.84. The maximum Gasteiger partial charge on any atom is 0.265 e. The SMILES string of the molecule is Cc1cc(Cl)ccc1OC(C)C(=O)Nc1cccc(S(=O)(=O)NC2=NCCC2)c1. The second kappa shape index (κ2) is 8.84. The van der Waals surface area contributed by atoms with Crippen LogP contribution >= 0.6 is 11.6 Å². The van der Waals surface area contributed by atoms with Gasteiger partial charge >= 0.3 is 0 Å². The van der Waals surface area contributed by atoms with E-state index in [4.69, 9.17) is 16.3 Å². The highest BCUT2D eigenvalue weighted by Gasteiger charge is 2.20. The Bertz CT molecular complexity index is 1050. The molecule has 2 aromatic carbocycles. The highest BCUT2D eigenvalue weighted by Crippen LogP contribution is 2.23. The van der Waals surface area contributed by atoms with Crippen molar-refractivity contribution in [2.45, 2.75) is 37.7 Å². The van der Waals surface area contributed by atoms with Gasteiger partial charge in [0, 0.05) is 23.7 Å². The Hall–Kier alpha value is -2.58. The molecule has 0 aliphatic carbocycles. The number of benzene rings is 2. The third-order valence-corrected chi connectivity index (χ3v) is 5.96. The molecular weight excluding hydrogens is 414 g/mol. The van der Waals surface area contributed by atoms with Crippen molar-refractivity contribution in [1.82, 2.24) is 4.72 Å². The fourth-order valence-corrected chi connectivity index (χ4v) is 4.17. The summed E-state index contributed by atoms with van der Waals surface area (Å²) in [5.41, 5.74) is 1.17. The lowest BCUT2D eigenvalue weighted by Crippen LogP contribution is -2.31. The normalized spacial score (nSPS) is 14.8. The van der Waals surface area contributed by atoms with Gasteiger partial charge in [-0.05, 0) is 62.2 Å². The number of amidine groups is 1. The summed E-state index contributed by atoms with van der Waals surface area (Å²) in [6.07, 6.45) is 0.647. The quantitative estimate of drug-likeness (QED) is 0.725.